The van der Waals surface area contributed by atoms with E-state index in [9.17, 15) is 14.4 Å². The lowest BCUT2D eigenvalue weighted by molar-refractivity contribution is -0.116. The van der Waals surface area contributed by atoms with Crippen LogP contribution in [0.1, 0.15) is 18.5 Å². The Hall–Kier alpha value is -3.33. The lowest BCUT2D eigenvalue weighted by atomic mass is 9.95. The fourth-order valence-corrected chi connectivity index (χ4v) is 3.04. The number of carbonyl (C=O) groups is 3. The number of benzene rings is 2. The van der Waals surface area contributed by atoms with E-state index in [4.69, 9.17) is 4.74 Å². The van der Waals surface area contributed by atoms with E-state index in [0.29, 0.717) is 22.7 Å². The highest BCUT2D eigenvalue weighted by Crippen LogP contribution is 2.29. The lowest BCUT2D eigenvalue weighted by Crippen LogP contribution is -2.45. The number of nitrogens with zero attached hydrogens (tertiary/aromatic N) is 1. The molecule has 0 radical (unpaired) electrons. The molecule has 3 rings (SSSR count). The van der Waals surface area contributed by atoms with Gasteiger partial charge in [-0.3, -0.25) is 9.59 Å². The number of allylic oxidation sites excluding steroid dienone is 1. The number of nitrogens with one attached hydrogen (secondary N) is 3. The fraction of sp³-hybridized carbons (Fsp3) is 0.227. The van der Waals surface area contributed by atoms with Gasteiger partial charge >= 0.3 is 6.03 Å². The van der Waals surface area contributed by atoms with Gasteiger partial charge in [0.05, 0.1) is 18.7 Å². The van der Waals surface area contributed by atoms with Crippen molar-refractivity contribution in [2.75, 3.05) is 26.5 Å². The Kier molecular flexibility index (Phi) is 8.63. The van der Waals surface area contributed by atoms with Crippen LogP contribution in [0, 0.1) is 0 Å². The Morgan fingerprint density at radius 3 is 2.23 bits per heavy atom. The number of urea groups is 1. The van der Waals surface area contributed by atoms with Gasteiger partial charge in [0.15, 0.2) is 0 Å². The topological polar surface area (TPSA) is 99.8 Å². The van der Waals surface area contributed by atoms with E-state index in [0.717, 1.165) is 16.4 Å². The van der Waals surface area contributed by atoms with Gasteiger partial charge in [0.1, 0.15) is 5.75 Å². The lowest BCUT2D eigenvalue weighted by Gasteiger charge is -2.28. The third kappa shape index (κ3) is 6.85. The van der Waals surface area contributed by atoms with Crippen LogP contribution in [-0.4, -0.2) is 44.5 Å². The Labute approximate surface area is 189 Å². The fourth-order valence-electron chi connectivity index (χ4n) is 2.77. The van der Waals surface area contributed by atoms with Crippen molar-refractivity contribution >= 4 is 40.0 Å². The maximum Gasteiger partial charge on any atom is 0.319 e. The van der Waals surface area contributed by atoms with Gasteiger partial charge in [-0.15, -0.1) is 0 Å². The molecule has 1 heterocycles. The van der Waals surface area contributed by atoms with Crippen LogP contribution in [-0.2, 0) is 9.59 Å². The van der Waals surface area contributed by atoms with Crippen LogP contribution >= 0.6 is 15.9 Å². The highest BCUT2D eigenvalue weighted by molar-refractivity contribution is 9.10. The van der Waals surface area contributed by atoms with E-state index in [-0.39, 0.29) is 11.9 Å². The number of hydrogen-bond acceptors (Lipinski definition) is 4. The molecule has 1 aliphatic heterocycles. The molecule has 0 spiro atoms. The average molecular weight is 489 g/mol. The molecule has 31 heavy (non-hydrogen) atoms. The first-order valence-electron chi connectivity index (χ1n) is 9.36. The number of ether oxygens (including phenoxy) is 1. The molecule has 4 amide bonds. The minimum Gasteiger partial charge on any atom is -0.497 e. The highest BCUT2D eigenvalue weighted by Gasteiger charge is 2.31. The zero-order valence-electron chi connectivity index (χ0n) is 17.7. The Morgan fingerprint density at radius 2 is 1.71 bits per heavy atom. The molecule has 0 saturated heterocycles. The Morgan fingerprint density at radius 1 is 1.13 bits per heavy atom. The van der Waals surface area contributed by atoms with Gasteiger partial charge in [-0.05, 0) is 48.9 Å². The van der Waals surface area contributed by atoms with Crippen molar-refractivity contribution in [2.45, 2.75) is 13.0 Å². The number of carbonyl (C=O) groups excluding carboxylic acids is 3. The van der Waals surface area contributed by atoms with Gasteiger partial charge in [0.2, 0.25) is 6.41 Å². The zero-order valence-corrected chi connectivity index (χ0v) is 19.3. The van der Waals surface area contributed by atoms with Crippen LogP contribution in [0.2, 0.25) is 0 Å². The van der Waals surface area contributed by atoms with Crippen molar-refractivity contribution in [1.82, 2.24) is 15.5 Å². The van der Waals surface area contributed by atoms with Crippen molar-refractivity contribution in [2.24, 2.45) is 0 Å². The number of rotatable bonds is 5. The second kappa shape index (κ2) is 11.2. The summed E-state index contributed by atoms with van der Waals surface area (Å²) in [6, 6.07) is 13.7. The molecule has 0 bridgehead atoms. The van der Waals surface area contributed by atoms with E-state index < -0.39 is 6.04 Å². The minimum atomic E-state index is -0.532. The Balaban J connectivity index is 0.000000614. The van der Waals surface area contributed by atoms with E-state index in [1.54, 1.807) is 52.4 Å². The molecule has 9 heteroatoms. The summed E-state index contributed by atoms with van der Waals surface area (Å²) in [5, 5.41) is 8.34. The summed E-state index contributed by atoms with van der Waals surface area (Å²) in [6.07, 6.45) is 0.750. The molecule has 2 aromatic rings. The van der Waals surface area contributed by atoms with E-state index in [1.807, 2.05) is 24.3 Å². The SMILES string of the molecule is CN(C)C=O.COc1ccc(NC(=O)C2=C(C)NC(=O)NC2c2ccc(Br)cc2)cc1. The predicted octanol–water partition coefficient (Wildman–Crippen LogP) is 3.43. The van der Waals surface area contributed by atoms with Gasteiger partial charge in [0, 0.05) is 30.0 Å². The van der Waals surface area contributed by atoms with Crippen molar-refractivity contribution in [3.8, 4) is 5.75 Å². The first-order chi connectivity index (χ1) is 14.7. The standard InChI is InChI=1S/C19H18BrN3O3.C3H7NO/c1-11-16(18(24)22-14-7-9-15(26-2)10-8-14)17(23-19(25)21-11)12-3-5-13(20)6-4-12;1-4(2)3-5/h3-10,17H,1-2H3,(H,22,24)(H2,21,23,25);3H,1-2H3. The van der Waals surface area contributed by atoms with E-state index >= 15 is 0 Å². The molecule has 1 aliphatic rings. The molecule has 164 valence electrons. The number of hydrogen-bond donors (Lipinski definition) is 3. The zero-order chi connectivity index (χ0) is 23.0. The summed E-state index contributed by atoms with van der Waals surface area (Å²) in [5.41, 5.74) is 2.44. The third-order valence-electron chi connectivity index (χ3n) is 4.28. The molecule has 1 unspecified atom stereocenters. The largest absolute Gasteiger partial charge is 0.497 e. The van der Waals surface area contributed by atoms with Crippen LogP contribution in [0.4, 0.5) is 10.5 Å². The average Bonchev–Trinajstić information content (AvgIpc) is 2.74. The molecule has 0 fully saturated rings. The summed E-state index contributed by atoms with van der Waals surface area (Å²) >= 11 is 3.39. The van der Waals surface area contributed by atoms with Crippen molar-refractivity contribution in [3.63, 3.8) is 0 Å². The first kappa shape index (κ1) is 23.9. The monoisotopic (exact) mass is 488 g/mol. The van der Waals surface area contributed by atoms with Crippen molar-refractivity contribution in [1.29, 1.82) is 0 Å². The molecule has 0 aromatic heterocycles. The van der Waals surface area contributed by atoms with Crippen LogP contribution in [0.3, 0.4) is 0 Å². The van der Waals surface area contributed by atoms with Crippen molar-refractivity contribution < 1.29 is 19.1 Å². The molecule has 2 aromatic carbocycles. The molecule has 1 atom stereocenters. The second-order valence-electron chi connectivity index (χ2n) is 6.87. The molecular weight excluding hydrogens is 464 g/mol. The minimum absolute atomic E-state index is 0.284. The number of methoxy groups -OCH3 is 1. The van der Waals surface area contributed by atoms with Crippen LogP contribution in [0.15, 0.2) is 64.3 Å². The summed E-state index contributed by atoms with van der Waals surface area (Å²) in [5.74, 6) is 0.422. The first-order valence-corrected chi connectivity index (χ1v) is 10.1. The third-order valence-corrected chi connectivity index (χ3v) is 4.80. The molecule has 3 N–H and O–H groups in total. The normalized spacial score (nSPS) is 15.0. The number of anilines is 1. The molecular formula is C22H25BrN4O4. The van der Waals surface area contributed by atoms with Gasteiger partial charge in [-0.1, -0.05) is 28.1 Å². The summed E-state index contributed by atoms with van der Waals surface area (Å²) < 4.78 is 6.04. The van der Waals surface area contributed by atoms with Crippen LogP contribution < -0.4 is 20.7 Å². The van der Waals surface area contributed by atoms with Gasteiger partial charge < -0.3 is 25.6 Å². The van der Waals surface area contributed by atoms with Gasteiger partial charge in [-0.2, -0.15) is 0 Å². The van der Waals surface area contributed by atoms with Crippen LogP contribution in [0.25, 0.3) is 0 Å². The molecule has 8 nitrogen and oxygen atoms in total. The summed E-state index contributed by atoms with van der Waals surface area (Å²) in [6.45, 7) is 1.72. The summed E-state index contributed by atoms with van der Waals surface area (Å²) in [4.78, 5) is 35.7. The number of amides is 4. The van der Waals surface area contributed by atoms with Gasteiger partial charge in [0.25, 0.3) is 5.91 Å². The Bertz CT molecular complexity index is 956. The van der Waals surface area contributed by atoms with Crippen molar-refractivity contribution in [3.05, 3.63) is 69.8 Å². The van der Waals surface area contributed by atoms with Crippen LogP contribution in [0.5, 0.6) is 5.75 Å². The smallest absolute Gasteiger partial charge is 0.319 e. The molecule has 0 aliphatic carbocycles. The second-order valence-corrected chi connectivity index (χ2v) is 7.79. The quantitative estimate of drug-likeness (QED) is 0.561. The summed E-state index contributed by atoms with van der Waals surface area (Å²) in [7, 11) is 4.96. The highest BCUT2D eigenvalue weighted by atomic mass is 79.9. The van der Waals surface area contributed by atoms with Gasteiger partial charge in [-0.25, -0.2) is 4.79 Å². The maximum atomic E-state index is 12.9. The number of halogens is 1. The maximum absolute atomic E-state index is 12.9. The predicted molar refractivity (Wildman–Crippen MR) is 123 cm³/mol. The molecule has 0 saturated carbocycles. The van der Waals surface area contributed by atoms with E-state index in [1.165, 1.54) is 4.90 Å². The van der Waals surface area contributed by atoms with E-state index in [2.05, 4.69) is 31.9 Å².